The van der Waals surface area contributed by atoms with Crippen LogP contribution in [0, 0.1) is 10.8 Å². The predicted octanol–water partition coefficient (Wildman–Crippen LogP) is 7.29. The van der Waals surface area contributed by atoms with Gasteiger partial charge in [-0.05, 0) is 112 Å². The van der Waals surface area contributed by atoms with Crippen LogP contribution in [0.1, 0.15) is 122 Å². The minimum absolute atomic E-state index is 0.00627. The number of amides is 4. The average molecular weight is 749 g/mol. The monoisotopic (exact) mass is 749 g/mol. The Labute approximate surface area is 308 Å². The second kappa shape index (κ2) is 22.7. The highest BCUT2D eigenvalue weighted by Crippen LogP contribution is 2.48. The van der Waals surface area contributed by atoms with E-state index in [-0.39, 0.29) is 41.0 Å². The van der Waals surface area contributed by atoms with Gasteiger partial charge in [0.1, 0.15) is 0 Å². The molecule has 2 unspecified atom stereocenters. The molecule has 296 valence electrons. The molecule has 2 atom stereocenters. The summed E-state index contributed by atoms with van der Waals surface area (Å²) in [5.74, 6) is 0. The fraction of sp³-hybridized carbons (Fsp3) is 0.944. The van der Waals surface area contributed by atoms with E-state index in [9.17, 15) is 9.59 Å². The van der Waals surface area contributed by atoms with Crippen LogP contribution in [-0.4, -0.2) is 117 Å². The van der Waals surface area contributed by atoms with Crippen molar-refractivity contribution in [2.24, 2.45) is 10.8 Å². The van der Waals surface area contributed by atoms with Crippen molar-refractivity contribution in [2.75, 3.05) is 59.3 Å². The SMILES string of the molecule is CCO[Si](CCCNC(=O)N(CC1(C)CC(N(C(=O)NCCC[Si](OCC)(OCC)OCC)C(C)C)CC(C)(C)C1)C(C)C)(OCC)OCC. The molecular formula is C36H76N4O8Si2. The van der Waals surface area contributed by atoms with Gasteiger partial charge < -0.3 is 47.0 Å². The van der Waals surface area contributed by atoms with E-state index in [0.717, 1.165) is 19.3 Å². The van der Waals surface area contributed by atoms with E-state index in [2.05, 4.69) is 59.1 Å². The highest BCUT2D eigenvalue weighted by atomic mass is 28.4. The van der Waals surface area contributed by atoms with Gasteiger partial charge in [-0.2, -0.15) is 0 Å². The van der Waals surface area contributed by atoms with Gasteiger partial charge in [0.25, 0.3) is 0 Å². The molecule has 1 saturated carbocycles. The smallest absolute Gasteiger partial charge is 0.374 e. The van der Waals surface area contributed by atoms with Gasteiger partial charge in [0, 0.05) is 89.5 Å². The Balaban J connectivity index is 3.00. The standard InChI is InChI=1S/C36H76N4O8Si2/c1-14-43-49(44-15-2,45-16-3)24-20-22-37-33(41)39(30(7)8)29-36(13)27-32(26-35(11,12)28-36)40(31(9)10)34(42)38-23-21-25-50(46-17-4,47-18-5)48-19-6/h30-32H,14-29H2,1-13H3,(H,37,41)(H,38,42). The summed E-state index contributed by atoms with van der Waals surface area (Å²) in [5, 5.41) is 6.37. The highest BCUT2D eigenvalue weighted by molar-refractivity contribution is 6.61. The molecular weight excluding hydrogens is 673 g/mol. The van der Waals surface area contributed by atoms with Crippen molar-refractivity contribution in [2.45, 2.75) is 152 Å². The van der Waals surface area contributed by atoms with Crippen LogP contribution in [0.3, 0.4) is 0 Å². The summed E-state index contributed by atoms with van der Waals surface area (Å²) >= 11 is 0. The highest BCUT2D eigenvalue weighted by Gasteiger charge is 2.46. The van der Waals surface area contributed by atoms with Gasteiger partial charge >= 0.3 is 29.7 Å². The number of nitrogens with one attached hydrogen (secondary N) is 2. The molecule has 2 N–H and O–H groups in total. The molecule has 1 aliphatic carbocycles. The molecule has 14 heteroatoms. The van der Waals surface area contributed by atoms with E-state index in [1.54, 1.807) is 0 Å². The number of hydrogen-bond donors (Lipinski definition) is 2. The first-order chi connectivity index (χ1) is 23.5. The van der Waals surface area contributed by atoms with Gasteiger partial charge in [-0.15, -0.1) is 0 Å². The number of hydrogen-bond acceptors (Lipinski definition) is 8. The second-order valence-corrected chi connectivity index (χ2v) is 20.5. The van der Waals surface area contributed by atoms with Crippen LogP contribution in [0.15, 0.2) is 0 Å². The lowest BCUT2D eigenvalue weighted by atomic mass is 9.62. The lowest BCUT2D eigenvalue weighted by Gasteiger charge is -2.52. The van der Waals surface area contributed by atoms with E-state index >= 15 is 0 Å². The Hall–Kier alpha value is -1.27. The maximum Gasteiger partial charge on any atom is 0.500 e. The summed E-state index contributed by atoms with van der Waals surface area (Å²) in [6.07, 6.45) is 4.11. The minimum atomic E-state index is -2.77. The molecule has 1 fully saturated rings. The molecule has 0 spiro atoms. The summed E-state index contributed by atoms with van der Waals surface area (Å²) in [5.41, 5.74) is -0.187. The molecule has 0 aromatic rings. The molecule has 50 heavy (non-hydrogen) atoms. The van der Waals surface area contributed by atoms with E-state index in [1.165, 1.54) is 0 Å². The van der Waals surface area contributed by atoms with E-state index in [0.29, 0.717) is 84.2 Å². The third kappa shape index (κ3) is 15.4. The first-order valence-electron chi connectivity index (χ1n) is 19.5. The first kappa shape index (κ1) is 46.8. The van der Waals surface area contributed by atoms with Crippen molar-refractivity contribution in [3.05, 3.63) is 0 Å². The predicted molar refractivity (Wildman–Crippen MR) is 205 cm³/mol. The van der Waals surface area contributed by atoms with Gasteiger partial charge in [0.05, 0.1) is 0 Å². The zero-order chi connectivity index (χ0) is 38.0. The Bertz CT molecular complexity index is 942. The lowest BCUT2D eigenvalue weighted by molar-refractivity contribution is 0.00243. The number of urea groups is 2. The summed E-state index contributed by atoms with van der Waals surface area (Å²) in [4.78, 5) is 31.5. The summed E-state index contributed by atoms with van der Waals surface area (Å²) in [7, 11) is -5.53. The van der Waals surface area contributed by atoms with Crippen molar-refractivity contribution in [3.8, 4) is 0 Å². The van der Waals surface area contributed by atoms with Crippen molar-refractivity contribution < 1.29 is 36.1 Å². The molecule has 0 aromatic carbocycles. The third-order valence-corrected chi connectivity index (χ3v) is 15.4. The Morgan fingerprint density at radius 3 is 1.42 bits per heavy atom. The van der Waals surface area contributed by atoms with E-state index in [4.69, 9.17) is 26.6 Å². The Morgan fingerprint density at radius 2 is 1.06 bits per heavy atom. The van der Waals surface area contributed by atoms with Crippen LogP contribution < -0.4 is 10.6 Å². The maximum atomic E-state index is 13.8. The number of carbonyl (C=O) groups excluding carboxylic acids is 2. The van der Waals surface area contributed by atoms with Gasteiger partial charge in [0.2, 0.25) is 0 Å². The summed E-state index contributed by atoms with van der Waals surface area (Å²) < 4.78 is 36.0. The van der Waals surface area contributed by atoms with Gasteiger partial charge in [-0.1, -0.05) is 20.8 Å². The van der Waals surface area contributed by atoms with Crippen LogP contribution in [-0.2, 0) is 26.6 Å². The molecule has 0 aliphatic heterocycles. The van der Waals surface area contributed by atoms with Gasteiger partial charge in [0.15, 0.2) is 0 Å². The molecule has 1 rings (SSSR count). The fourth-order valence-electron chi connectivity index (χ4n) is 7.81. The molecule has 0 aromatic heterocycles. The third-order valence-electron chi connectivity index (χ3n) is 9.10. The molecule has 0 bridgehead atoms. The van der Waals surface area contributed by atoms with Crippen LogP contribution in [0.5, 0.6) is 0 Å². The van der Waals surface area contributed by atoms with Crippen molar-refractivity contribution in [3.63, 3.8) is 0 Å². The molecule has 0 radical (unpaired) electrons. The Morgan fingerprint density at radius 1 is 0.660 bits per heavy atom. The second-order valence-electron chi connectivity index (χ2n) is 15.1. The first-order valence-corrected chi connectivity index (χ1v) is 23.3. The average Bonchev–Trinajstić information content (AvgIpc) is 3.00. The topological polar surface area (TPSA) is 120 Å². The van der Waals surface area contributed by atoms with Gasteiger partial charge in [-0.25, -0.2) is 9.59 Å². The number of nitrogens with zero attached hydrogens (tertiary/aromatic N) is 2. The largest absolute Gasteiger partial charge is 0.500 e. The summed E-state index contributed by atoms with van der Waals surface area (Å²) in [6.45, 7) is 31.7. The normalized spacial score (nSPS) is 19.5. The number of carbonyl (C=O) groups is 2. The molecule has 0 heterocycles. The maximum absolute atomic E-state index is 13.8. The molecule has 4 amide bonds. The minimum Gasteiger partial charge on any atom is -0.374 e. The van der Waals surface area contributed by atoms with Crippen molar-refractivity contribution >= 4 is 29.7 Å². The Kier molecular flexibility index (Phi) is 21.2. The van der Waals surface area contributed by atoms with Crippen LogP contribution in [0.2, 0.25) is 12.1 Å². The molecule has 1 aliphatic rings. The van der Waals surface area contributed by atoms with Crippen molar-refractivity contribution in [1.82, 2.24) is 20.4 Å². The van der Waals surface area contributed by atoms with Gasteiger partial charge in [-0.3, -0.25) is 0 Å². The van der Waals surface area contributed by atoms with Crippen LogP contribution in [0.4, 0.5) is 9.59 Å². The van der Waals surface area contributed by atoms with Crippen molar-refractivity contribution in [1.29, 1.82) is 0 Å². The van der Waals surface area contributed by atoms with Crippen LogP contribution in [0.25, 0.3) is 0 Å². The summed E-state index contributed by atoms with van der Waals surface area (Å²) in [6, 6.07) is 1.27. The van der Waals surface area contributed by atoms with Crippen LogP contribution >= 0.6 is 0 Å². The molecule has 12 nitrogen and oxygen atoms in total. The zero-order valence-electron chi connectivity index (χ0n) is 34.2. The molecule has 0 saturated heterocycles. The van der Waals surface area contributed by atoms with E-state index < -0.39 is 17.6 Å². The lowest BCUT2D eigenvalue weighted by Crippen LogP contribution is -2.57. The fourth-order valence-corrected chi connectivity index (χ4v) is 13.0. The zero-order valence-corrected chi connectivity index (χ0v) is 36.2. The number of rotatable bonds is 25. The van der Waals surface area contributed by atoms with E-state index in [1.807, 2.05) is 51.3 Å². The quantitative estimate of drug-likeness (QED) is 0.0739.